The molecule has 2 saturated carbocycles. The van der Waals surface area contributed by atoms with Crippen molar-refractivity contribution in [3.63, 3.8) is 0 Å². The highest BCUT2D eigenvalue weighted by Gasteiger charge is 2.74. The van der Waals surface area contributed by atoms with E-state index in [1.807, 2.05) is 6.07 Å². The number of ether oxygens (including phenoxy) is 1. The maximum Gasteiger partial charge on any atom is 0.265 e. The summed E-state index contributed by atoms with van der Waals surface area (Å²) in [4.78, 5) is 31.5. The van der Waals surface area contributed by atoms with Crippen molar-refractivity contribution in [1.29, 1.82) is 0 Å². The van der Waals surface area contributed by atoms with E-state index >= 15 is 0 Å². The van der Waals surface area contributed by atoms with Crippen LogP contribution in [0.2, 0.25) is 0 Å². The number of benzene rings is 1. The van der Waals surface area contributed by atoms with Crippen molar-refractivity contribution in [3.05, 3.63) is 34.4 Å². The first-order valence-corrected chi connectivity index (χ1v) is 16.2. The van der Waals surface area contributed by atoms with E-state index in [2.05, 4.69) is 4.90 Å². The molecule has 8 rings (SSSR count). The summed E-state index contributed by atoms with van der Waals surface area (Å²) >= 11 is 0. The molecule has 214 valence electrons. The molecule has 40 heavy (non-hydrogen) atoms. The van der Waals surface area contributed by atoms with Gasteiger partial charge in [-0.25, -0.2) is 0 Å². The van der Waals surface area contributed by atoms with Crippen LogP contribution in [0.3, 0.4) is 0 Å². The van der Waals surface area contributed by atoms with Gasteiger partial charge in [-0.2, -0.15) is 8.42 Å². The van der Waals surface area contributed by atoms with Gasteiger partial charge in [0, 0.05) is 35.2 Å². The number of carbonyl (C=O) groups is 2. The number of piperidine rings is 1. The zero-order chi connectivity index (χ0) is 27.8. The standard InChI is InChI=1S/C29H34N2O8S/c32-20-7-6-16-12-21-29(35)9-8-19(25-28(29,23(16)24(20)39-25)10-11-30(21)13-15-4-5-15)31-26(33)18-3-1-2-17(14-40(36,37)38)22(18)27(31)34/h6-7,15,17,19,21,25,32,35H,1-5,8-14H2,(H,36,37,38)/t17?,19-,21?,25-,28-,29?/m0/s1. The van der Waals surface area contributed by atoms with Crippen LogP contribution in [0.5, 0.6) is 11.5 Å². The average Bonchev–Trinajstić information content (AvgIpc) is 3.58. The van der Waals surface area contributed by atoms with Crippen LogP contribution in [0.1, 0.15) is 62.5 Å². The monoisotopic (exact) mass is 570 g/mol. The highest BCUT2D eigenvalue weighted by atomic mass is 32.2. The molecule has 10 nitrogen and oxygen atoms in total. The molecule has 11 heteroatoms. The van der Waals surface area contributed by atoms with Crippen LogP contribution < -0.4 is 4.74 Å². The van der Waals surface area contributed by atoms with E-state index in [0.717, 1.165) is 24.2 Å². The van der Waals surface area contributed by atoms with Gasteiger partial charge in [-0.05, 0) is 81.9 Å². The Balaban J connectivity index is 1.21. The number of aliphatic hydroxyl groups is 1. The molecule has 3 N–H and O–H groups in total. The lowest BCUT2D eigenvalue weighted by Gasteiger charge is -2.64. The van der Waals surface area contributed by atoms with Gasteiger partial charge in [0.2, 0.25) is 0 Å². The van der Waals surface area contributed by atoms with Crippen molar-refractivity contribution < 1.29 is 37.5 Å². The number of hydrogen-bond acceptors (Lipinski definition) is 8. The summed E-state index contributed by atoms with van der Waals surface area (Å²) in [5.74, 6) is -1.25. The lowest BCUT2D eigenvalue weighted by atomic mass is 9.48. The topological polar surface area (TPSA) is 145 Å². The van der Waals surface area contributed by atoms with Gasteiger partial charge in [0.15, 0.2) is 11.5 Å². The van der Waals surface area contributed by atoms with Crippen LogP contribution in [-0.4, -0.2) is 87.4 Å². The summed E-state index contributed by atoms with van der Waals surface area (Å²) in [6.45, 7) is 1.71. The number of carbonyl (C=O) groups excluding carboxylic acids is 2. The van der Waals surface area contributed by atoms with E-state index in [1.54, 1.807) is 6.07 Å². The third-order valence-corrected chi connectivity index (χ3v) is 11.9. The van der Waals surface area contributed by atoms with Gasteiger partial charge in [-0.3, -0.25) is 23.9 Å². The number of phenols is 1. The highest BCUT2D eigenvalue weighted by molar-refractivity contribution is 7.85. The van der Waals surface area contributed by atoms with Gasteiger partial charge in [-0.1, -0.05) is 6.07 Å². The van der Waals surface area contributed by atoms with Crippen LogP contribution in [0, 0.1) is 11.8 Å². The quantitative estimate of drug-likeness (QED) is 0.356. The first-order valence-electron chi connectivity index (χ1n) is 14.6. The molecule has 1 aromatic carbocycles. The van der Waals surface area contributed by atoms with E-state index in [1.165, 1.54) is 17.7 Å². The Hall–Kier alpha value is -2.47. The Morgan fingerprint density at radius 2 is 1.88 bits per heavy atom. The number of imide groups is 1. The second kappa shape index (κ2) is 8.08. The average molecular weight is 571 g/mol. The van der Waals surface area contributed by atoms with Crippen LogP contribution in [0.4, 0.5) is 0 Å². The normalized spacial score (nSPS) is 38.4. The van der Waals surface area contributed by atoms with Gasteiger partial charge >= 0.3 is 0 Å². The number of phenolic OH excluding ortho intramolecular Hbond substituents is 1. The third kappa shape index (κ3) is 3.17. The highest BCUT2D eigenvalue weighted by Crippen LogP contribution is 2.66. The van der Waals surface area contributed by atoms with E-state index in [0.29, 0.717) is 62.2 Å². The smallest absolute Gasteiger partial charge is 0.265 e. The second-order valence-corrected chi connectivity index (χ2v) is 14.6. The predicted molar refractivity (Wildman–Crippen MR) is 141 cm³/mol. The summed E-state index contributed by atoms with van der Waals surface area (Å²) in [6.07, 6.45) is 5.02. The van der Waals surface area contributed by atoms with Gasteiger partial charge in [0.1, 0.15) is 6.10 Å². The molecule has 0 aromatic heterocycles. The van der Waals surface area contributed by atoms with Crippen molar-refractivity contribution in [3.8, 4) is 11.5 Å². The van der Waals surface area contributed by atoms with Gasteiger partial charge in [0.25, 0.3) is 21.9 Å². The SMILES string of the molecule is O=C1C2=C(C(=O)N1[C@H]1CCC3(O)C4Cc5ccc(O)c6c5[C@@]3(CCN4CC3CC3)[C@H]1O6)C(CS(=O)(=O)O)CCC2. The maximum absolute atomic E-state index is 14.0. The molecule has 1 saturated heterocycles. The van der Waals surface area contributed by atoms with Crippen molar-refractivity contribution in [2.45, 2.75) is 87.0 Å². The lowest BCUT2D eigenvalue weighted by molar-refractivity contribution is -0.201. The molecule has 0 radical (unpaired) electrons. The Labute approximate surface area is 232 Å². The Morgan fingerprint density at radius 3 is 2.62 bits per heavy atom. The number of amides is 2. The molecule has 7 aliphatic rings. The molecule has 3 heterocycles. The number of likely N-dealkylation sites (tertiary alicyclic amines) is 1. The number of aromatic hydroxyl groups is 1. The largest absolute Gasteiger partial charge is 0.504 e. The summed E-state index contributed by atoms with van der Waals surface area (Å²) in [5.41, 5.74) is 0.387. The number of hydrogen-bond donors (Lipinski definition) is 3. The van der Waals surface area contributed by atoms with Gasteiger partial charge in [0.05, 0.1) is 22.8 Å². The minimum Gasteiger partial charge on any atom is -0.504 e. The van der Waals surface area contributed by atoms with E-state index < -0.39 is 56.8 Å². The minimum absolute atomic E-state index is 0.00723. The molecule has 3 unspecified atom stereocenters. The summed E-state index contributed by atoms with van der Waals surface area (Å²) in [5, 5.41) is 23.6. The molecule has 2 bridgehead atoms. The zero-order valence-electron chi connectivity index (χ0n) is 22.2. The molecule has 1 spiro atoms. The Morgan fingerprint density at radius 1 is 1.07 bits per heavy atom. The second-order valence-electron chi connectivity index (χ2n) is 13.1. The van der Waals surface area contributed by atoms with E-state index in [4.69, 9.17) is 4.74 Å². The molecular weight excluding hydrogens is 536 g/mol. The van der Waals surface area contributed by atoms with Crippen molar-refractivity contribution in [1.82, 2.24) is 9.80 Å². The lowest BCUT2D eigenvalue weighted by Crippen LogP contribution is -2.78. The summed E-state index contributed by atoms with van der Waals surface area (Å²) in [6, 6.07) is 2.76. The summed E-state index contributed by atoms with van der Waals surface area (Å²) < 4.78 is 39.6. The number of rotatable bonds is 5. The molecule has 3 fully saturated rings. The van der Waals surface area contributed by atoms with Crippen molar-refractivity contribution in [2.75, 3.05) is 18.8 Å². The van der Waals surface area contributed by atoms with Crippen LogP contribution in [0.25, 0.3) is 0 Å². The van der Waals surface area contributed by atoms with Crippen LogP contribution >= 0.6 is 0 Å². The van der Waals surface area contributed by atoms with E-state index in [-0.39, 0.29) is 17.4 Å². The molecule has 6 atom stereocenters. The molecular formula is C29H34N2O8S. The fraction of sp³-hybridized carbons (Fsp3) is 0.655. The summed E-state index contributed by atoms with van der Waals surface area (Å²) in [7, 11) is -4.34. The Bertz CT molecular complexity index is 1500. The molecule has 1 aromatic rings. The third-order valence-electron chi connectivity index (χ3n) is 11.1. The van der Waals surface area contributed by atoms with Gasteiger partial charge in [-0.15, -0.1) is 0 Å². The van der Waals surface area contributed by atoms with Crippen LogP contribution in [-0.2, 0) is 31.5 Å². The fourth-order valence-electron chi connectivity index (χ4n) is 9.39. The molecule has 2 amide bonds. The first kappa shape index (κ1) is 25.3. The molecule has 4 aliphatic carbocycles. The maximum atomic E-state index is 14.0. The van der Waals surface area contributed by atoms with Crippen molar-refractivity contribution >= 4 is 21.9 Å². The number of nitrogens with zero attached hydrogens (tertiary/aromatic N) is 2. The predicted octanol–water partition coefficient (Wildman–Crippen LogP) is 1.68. The first-order chi connectivity index (χ1) is 19.0. The molecule has 3 aliphatic heterocycles. The van der Waals surface area contributed by atoms with E-state index in [9.17, 15) is 32.8 Å². The fourth-order valence-corrected chi connectivity index (χ4v) is 10.2. The minimum atomic E-state index is -4.34. The Kier molecular flexibility index (Phi) is 5.10. The van der Waals surface area contributed by atoms with Crippen LogP contribution in [0.15, 0.2) is 23.3 Å². The zero-order valence-corrected chi connectivity index (χ0v) is 23.0. The van der Waals surface area contributed by atoms with Gasteiger partial charge < -0.3 is 14.9 Å². The van der Waals surface area contributed by atoms with Crippen molar-refractivity contribution in [2.24, 2.45) is 11.8 Å².